The predicted molar refractivity (Wildman–Crippen MR) is 124 cm³/mol. The number of hydrogen-bond donors (Lipinski definition) is 0. The first-order valence-electron chi connectivity index (χ1n) is 10.5. The smallest absolute Gasteiger partial charge is 0.258 e. The number of benzene rings is 1. The van der Waals surface area contributed by atoms with Crippen LogP contribution in [0.25, 0.3) is 22.0 Å². The zero-order valence-electron chi connectivity index (χ0n) is 17.8. The Balaban J connectivity index is 1.65. The molecule has 1 unspecified atom stereocenters. The number of hydrogen-bond acceptors (Lipinski definition) is 5. The molecule has 156 valence electrons. The van der Waals surface area contributed by atoms with Gasteiger partial charge in [-0.2, -0.15) is 11.8 Å². The van der Waals surface area contributed by atoms with Gasteiger partial charge >= 0.3 is 0 Å². The summed E-state index contributed by atoms with van der Waals surface area (Å²) in [5.74, 6) is 3.22. The molecule has 5 nitrogen and oxygen atoms in total. The highest BCUT2D eigenvalue weighted by Crippen LogP contribution is 2.34. The van der Waals surface area contributed by atoms with Gasteiger partial charge in [0.25, 0.3) is 5.56 Å². The lowest BCUT2D eigenvalue weighted by Gasteiger charge is -2.34. The van der Waals surface area contributed by atoms with Crippen LogP contribution in [0.15, 0.2) is 35.1 Å². The van der Waals surface area contributed by atoms with Crippen LogP contribution < -0.4 is 10.3 Å². The minimum absolute atomic E-state index is 0.0608. The molecule has 2 aliphatic heterocycles. The fourth-order valence-corrected chi connectivity index (χ4v) is 6.11. The molecule has 6 heteroatoms. The van der Waals surface area contributed by atoms with E-state index in [0.29, 0.717) is 6.04 Å². The first-order valence-corrected chi connectivity index (χ1v) is 11.7. The second kappa shape index (κ2) is 7.75. The van der Waals surface area contributed by atoms with Crippen LogP contribution in [0.2, 0.25) is 0 Å². The molecule has 1 saturated heterocycles. The number of ether oxygens (including phenoxy) is 1. The van der Waals surface area contributed by atoms with Crippen LogP contribution in [0.3, 0.4) is 0 Å². The Labute approximate surface area is 181 Å². The zero-order valence-corrected chi connectivity index (χ0v) is 18.6. The van der Waals surface area contributed by atoms with Gasteiger partial charge in [0.05, 0.1) is 7.11 Å². The third kappa shape index (κ3) is 3.22. The summed E-state index contributed by atoms with van der Waals surface area (Å²) in [6, 6.07) is 10.8. The van der Waals surface area contributed by atoms with E-state index in [1.54, 1.807) is 7.11 Å². The Morgan fingerprint density at radius 3 is 2.83 bits per heavy atom. The van der Waals surface area contributed by atoms with Crippen molar-refractivity contribution >= 4 is 22.7 Å². The van der Waals surface area contributed by atoms with Crippen molar-refractivity contribution in [1.82, 2.24) is 14.5 Å². The number of nitrogens with zero attached hydrogens (tertiary/aromatic N) is 3. The molecule has 2 aliphatic rings. The van der Waals surface area contributed by atoms with Crippen molar-refractivity contribution in [2.45, 2.75) is 32.4 Å². The van der Waals surface area contributed by atoms with Crippen molar-refractivity contribution in [1.29, 1.82) is 0 Å². The lowest BCUT2D eigenvalue weighted by atomic mass is 9.96. The summed E-state index contributed by atoms with van der Waals surface area (Å²) in [4.78, 5) is 20.6. The Morgan fingerprint density at radius 2 is 2.07 bits per heavy atom. The van der Waals surface area contributed by atoms with E-state index in [1.807, 2.05) is 36.7 Å². The lowest BCUT2D eigenvalue weighted by Crippen LogP contribution is -2.41. The van der Waals surface area contributed by atoms with Gasteiger partial charge < -0.3 is 9.30 Å². The van der Waals surface area contributed by atoms with Crippen LogP contribution in [0.1, 0.15) is 23.4 Å². The number of aromatic nitrogens is 2. The van der Waals surface area contributed by atoms with Crippen molar-refractivity contribution in [3.05, 3.63) is 57.6 Å². The second-order valence-corrected chi connectivity index (χ2v) is 9.45. The largest absolute Gasteiger partial charge is 0.494 e. The van der Waals surface area contributed by atoms with Gasteiger partial charge in [-0.15, -0.1) is 0 Å². The number of aryl methyl sites for hydroxylation is 1. The molecule has 0 radical (unpaired) electrons. The quantitative estimate of drug-likeness (QED) is 0.644. The van der Waals surface area contributed by atoms with E-state index in [2.05, 4.69) is 28.8 Å². The van der Waals surface area contributed by atoms with Gasteiger partial charge in [-0.25, -0.2) is 4.98 Å². The number of methoxy groups -OCH3 is 1. The third-order valence-corrected chi connectivity index (χ3v) is 7.67. The summed E-state index contributed by atoms with van der Waals surface area (Å²) < 4.78 is 7.40. The van der Waals surface area contributed by atoms with Crippen LogP contribution in [-0.2, 0) is 20.0 Å². The van der Waals surface area contributed by atoms with Crippen LogP contribution >= 0.6 is 11.8 Å². The maximum atomic E-state index is 13.3. The highest BCUT2D eigenvalue weighted by molar-refractivity contribution is 7.99. The van der Waals surface area contributed by atoms with Crippen molar-refractivity contribution in [2.75, 3.05) is 25.2 Å². The summed E-state index contributed by atoms with van der Waals surface area (Å²) >= 11 is 2.05. The molecule has 0 amide bonds. The predicted octanol–water partition coefficient (Wildman–Crippen LogP) is 3.78. The number of thioether (sulfide) groups is 1. The molecule has 0 N–H and O–H groups in total. The molecule has 2 aromatic heterocycles. The first-order chi connectivity index (χ1) is 14.6. The number of pyridine rings is 2. The van der Waals surface area contributed by atoms with E-state index in [-0.39, 0.29) is 5.56 Å². The molecule has 0 aliphatic carbocycles. The average Bonchev–Trinajstić information content (AvgIpc) is 3.30. The summed E-state index contributed by atoms with van der Waals surface area (Å²) in [5, 5.41) is 0.955. The fourth-order valence-electron chi connectivity index (χ4n) is 4.85. The Morgan fingerprint density at radius 1 is 1.20 bits per heavy atom. The van der Waals surface area contributed by atoms with Crippen molar-refractivity contribution in [2.24, 2.45) is 7.05 Å². The summed E-state index contributed by atoms with van der Waals surface area (Å²) in [5.41, 5.74) is 5.93. The molecular weight excluding hydrogens is 394 g/mol. The molecule has 3 aromatic rings. The van der Waals surface area contributed by atoms with Gasteiger partial charge in [0.2, 0.25) is 0 Å². The molecule has 1 atom stereocenters. The lowest BCUT2D eigenvalue weighted by molar-refractivity contribution is 0.191. The summed E-state index contributed by atoms with van der Waals surface area (Å²) in [7, 11) is 3.58. The normalized spacial score (nSPS) is 19.2. The van der Waals surface area contributed by atoms with Gasteiger partial charge in [-0.05, 0) is 54.5 Å². The van der Waals surface area contributed by atoms with E-state index < -0.39 is 0 Å². The van der Waals surface area contributed by atoms with Gasteiger partial charge in [-0.1, -0.05) is 6.07 Å². The number of fused-ring (bicyclic) bond motifs is 2. The molecule has 0 spiro atoms. The molecule has 4 heterocycles. The second-order valence-electron chi connectivity index (χ2n) is 8.30. The maximum absolute atomic E-state index is 13.3. The van der Waals surface area contributed by atoms with E-state index in [4.69, 9.17) is 9.72 Å². The first kappa shape index (κ1) is 19.6. The molecule has 0 bridgehead atoms. The molecular formula is C24H27N3O2S. The third-order valence-electron chi connectivity index (χ3n) is 6.53. The van der Waals surface area contributed by atoms with Crippen LogP contribution in [-0.4, -0.2) is 45.7 Å². The maximum Gasteiger partial charge on any atom is 0.258 e. The van der Waals surface area contributed by atoms with Crippen LogP contribution in [0.5, 0.6) is 5.75 Å². The summed E-state index contributed by atoms with van der Waals surface area (Å²) in [6.07, 6.45) is 2.21. The highest BCUT2D eigenvalue weighted by atomic mass is 32.2. The van der Waals surface area contributed by atoms with E-state index in [0.717, 1.165) is 53.0 Å². The molecule has 1 aromatic carbocycles. The molecule has 30 heavy (non-hydrogen) atoms. The summed E-state index contributed by atoms with van der Waals surface area (Å²) in [6.45, 7) is 3.94. The topological polar surface area (TPSA) is 47.4 Å². The minimum atomic E-state index is 0.0608. The van der Waals surface area contributed by atoms with Crippen LogP contribution in [0.4, 0.5) is 0 Å². The van der Waals surface area contributed by atoms with Crippen LogP contribution in [0, 0.1) is 6.92 Å². The Bertz CT molecular complexity index is 1180. The zero-order chi connectivity index (χ0) is 20.8. The average molecular weight is 422 g/mol. The SMILES string of the molecule is COc1ccc(-c2cc3c(n(C)c2=O)CCN(C2CCSC2)C3)c2ccc(C)nc12. The number of rotatable bonds is 3. The van der Waals surface area contributed by atoms with E-state index >= 15 is 0 Å². The molecule has 0 saturated carbocycles. The molecule has 5 rings (SSSR count). The Hall–Kier alpha value is -2.31. The van der Waals surface area contributed by atoms with Gasteiger partial charge in [0, 0.05) is 60.7 Å². The van der Waals surface area contributed by atoms with Gasteiger partial charge in [-0.3, -0.25) is 9.69 Å². The molecule has 1 fully saturated rings. The fraction of sp³-hybridized carbons (Fsp3) is 0.417. The minimum Gasteiger partial charge on any atom is -0.494 e. The standard InChI is InChI=1S/C24H27N3O2S/c1-15-4-5-19-18(6-7-22(29-3)23(19)25-15)20-12-16-13-27(17-9-11-30-14-17)10-8-21(16)26(2)24(20)28/h4-7,12,17H,8-11,13-14H2,1-3H3. The van der Waals surface area contributed by atoms with Crippen molar-refractivity contribution in [3.8, 4) is 16.9 Å². The van der Waals surface area contributed by atoms with Gasteiger partial charge in [0.1, 0.15) is 11.3 Å². The van der Waals surface area contributed by atoms with E-state index in [1.165, 1.54) is 29.2 Å². The van der Waals surface area contributed by atoms with Gasteiger partial charge in [0.15, 0.2) is 0 Å². The van der Waals surface area contributed by atoms with E-state index in [9.17, 15) is 4.79 Å². The highest BCUT2D eigenvalue weighted by Gasteiger charge is 2.28. The Kier molecular flexibility index (Phi) is 5.07. The van der Waals surface area contributed by atoms with Crippen molar-refractivity contribution in [3.63, 3.8) is 0 Å². The monoisotopic (exact) mass is 421 g/mol. The van der Waals surface area contributed by atoms with Crippen molar-refractivity contribution < 1.29 is 4.74 Å².